The Morgan fingerprint density at radius 1 is 1.46 bits per heavy atom. The van der Waals surface area contributed by atoms with Crippen molar-refractivity contribution in [1.29, 1.82) is 0 Å². The van der Waals surface area contributed by atoms with Gasteiger partial charge < -0.3 is 19.7 Å². The van der Waals surface area contributed by atoms with Crippen molar-refractivity contribution in [2.24, 2.45) is 0 Å². The fourth-order valence-corrected chi connectivity index (χ4v) is 0.638. The van der Waals surface area contributed by atoms with Gasteiger partial charge in [0.15, 0.2) is 5.60 Å². The first-order valence-corrected chi connectivity index (χ1v) is 4.03. The monoisotopic (exact) mass is 192 g/mol. The summed E-state index contributed by atoms with van der Waals surface area (Å²) in [5, 5.41) is 17.7. The highest BCUT2D eigenvalue weighted by molar-refractivity contribution is 5.76. The molecule has 5 heteroatoms. The first-order chi connectivity index (χ1) is 6.00. The van der Waals surface area contributed by atoms with Gasteiger partial charge in [-0.05, 0) is 13.3 Å². The van der Waals surface area contributed by atoms with Gasteiger partial charge in [-0.2, -0.15) is 0 Å². The lowest BCUT2D eigenvalue weighted by Gasteiger charge is -2.17. The Hall–Kier alpha value is -0.650. The summed E-state index contributed by atoms with van der Waals surface area (Å²) in [6.07, 6.45) is 0.687. The molecule has 13 heavy (non-hydrogen) atoms. The molecule has 78 valence electrons. The summed E-state index contributed by atoms with van der Waals surface area (Å²) in [5.41, 5.74) is -1.80. The van der Waals surface area contributed by atoms with Crippen LogP contribution in [-0.4, -0.2) is 48.7 Å². The molecule has 0 aliphatic heterocycles. The second-order valence-electron chi connectivity index (χ2n) is 2.98. The number of rotatable bonds is 7. The highest BCUT2D eigenvalue weighted by Gasteiger charge is 2.29. The minimum Gasteiger partial charge on any atom is -0.479 e. The van der Waals surface area contributed by atoms with Crippen molar-refractivity contribution in [2.45, 2.75) is 18.9 Å². The number of hydrogen-bond donors (Lipinski definition) is 2. The van der Waals surface area contributed by atoms with E-state index in [1.165, 1.54) is 6.92 Å². The summed E-state index contributed by atoms with van der Waals surface area (Å²) >= 11 is 0. The summed E-state index contributed by atoms with van der Waals surface area (Å²) in [6.45, 7) is 1.95. The van der Waals surface area contributed by atoms with Crippen LogP contribution in [0.25, 0.3) is 0 Å². The average molecular weight is 192 g/mol. The van der Waals surface area contributed by atoms with E-state index >= 15 is 0 Å². The van der Waals surface area contributed by atoms with E-state index < -0.39 is 11.6 Å². The van der Waals surface area contributed by atoms with Gasteiger partial charge in [0.1, 0.15) is 0 Å². The fourth-order valence-electron chi connectivity index (χ4n) is 0.638. The average Bonchev–Trinajstić information content (AvgIpc) is 2.03. The first kappa shape index (κ1) is 12.3. The number of carboxylic acids is 1. The third-order valence-electron chi connectivity index (χ3n) is 1.48. The molecule has 1 atom stereocenters. The molecule has 1 unspecified atom stereocenters. The number of aliphatic hydroxyl groups is 1. The predicted molar refractivity (Wildman–Crippen MR) is 45.6 cm³/mol. The number of hydrogen-bond acceptors (Lipinski definition) is 4. The molecular weight excluding hydrogens is 176 g/mol. The molecule has 0 saturated carbocycles. The Labute approximate surface area is 77.3 Å². The lowest BCUT2D eigenvalue weighted by Crippen LogP contribution is -2.40. The Morgan fingerprint density at radius 3 is 2.54 bits per heavy atom. The number of carboxylic acid groups (broad SMARTS) is 1. The molecule has 0 aromatic heterocycles. The molecule has 0 heterocycles. The quantitative estimate of drug-likeness (QED) is 0.550. The van der Waals surface area contributed by atoms with Crippen molar-refractivity contribution < 1.29 is 24.5 Å². The molecule has 0 aliphatic carbocycles. The Kier molecular flexibility index (Phi) is 5.61. The zero-order valence-corrected chi connectivity index (χ0v) is 7.95. The molecule has 0 aromatic rings. The van der Waals surface area contributed by atoms with Gasteiger partial charge in [0.05, 0.1) is 6.61 Å². The van der Waals surface area contributed by atoms with Gasteiger partial charge in [-0.15, -0.1) is 0 Å². The largest absolute Gasteiger partial charge is 0.479 e. The minimum atomic E-state index is -1.80. The van der Waals surface area contributed by atoms with Crippen LogP contribution >= 0.6 is 0 Å². The molecular formula is C8H16O5. The smallest absolute Gasteiger partial charge is 0.337 e. The molecule has 5 nitrogen and oxygen atoms in total. The van der Waals surface area contributed by atoms with Crippen molar-refractivity contribution in [3.63, 3.8) is 0 Å². The van der Waals surface area contributed by atoms with Crippen molar-refractivity contribution in [1.82, 2.24) is 0 Å². The molecule has 0 amide bonds. The van der Waals surface area contributed by atoms with Gasteiger partial charge in [0.25, 0.3) is 0 Å². The topological polar surface area (TPSA) is 76.0 Å². The van der Waals surface area contributed by atoms with Crippen LogP contribution < -0.4 is 0 Å². The normalized spacial score (nSPS) is 15.3. The highest BCUT2D eigenvalue weighted by Crippen LogP contribution is 2.03. The molecule has 0 rings (SSSR count). The van der Waals surface area contributed by atoms with Crippen LogP contribution in [-0.2, 0) is 14.3 Å². The van der Waals surface area contributed by atoms with Gasteiger partial charge >= 0.3 is 5.97 Å². The number of methoxy groups -OCH3 is 1. The van der Waals surface area contributed by atoms with Crippen LogP contribution in [0.1, 0.15) is 13.3 Å². The van der Waals surface area contributed by atoms with Crippen LogP contribution in [0.5, 0.6) is 0 Å². The van der Waals surface area contributed by atoms with E-state index in [9.17, 15) is 9.90 Å². The predicted octanol–water partition coefficient (Wildman–Crippen LogP) is -0.125. The zero-order chi connectivity index (χ0) is 10.3. The Morgan fingerprint density at radius 2 is 2.08 bits per heavy atom. The zero-order valence-electron chi connectivity index (χ0n) is 7.95. The molecule has 0 aliphatic rings. The number of aliphatic carboxylic acids is 1. The molecule has 0 saturated heterocycles. The number of ether oxygens (including phenoxy) is 2. The molecule has 0 fully saturated rings. The Bertz CT molecular complexity index is 155. The summed E-state index contributed by atoms with van der Waals surface area (Å²) in [6, 6.07) is 0. The van der Waals surface area contributed by atoms with Crippen LogP contribution in [0.2, 0.25) is 0 Å². The van der Waals surface area contributed by atoms with E-state index in [4.69, 9.17) is 14.6 Å². The summed E-state index contributed by atoms with van der Waals surface area (Å²) in [5.74, 6) is -1.28. The second-order valence-corrected chi connectivity index (χ2v) is 2.98. The molecule has 2 N–H and O–H groups in total. The van der Waals surface area contributed by atoms with E-state index in [2.05, 4.69) is 0 Å². The maximum absolute atomic E-state index is 10.4. The standard InChI is InChI=1S/C8H16O5/c1-8(11,7(9)10)6-13-5-3-4-12-2/h11H,3-6H2,1-2H3,(H,9,10). The highest BCUT2D eigenvalue weighted by atomic mass is 16.5. The van der Waals surface area contributed by atoms with Gasteiger partial charge in [-0.3, -0.25) is 0 Å². The van der Waals surface area contributed by atoms with Crippen molar-refractivity contribution in [3.05, 3.63) is 0 Å². The van der Waals surface area contributed by atoms with Crippen LogP contribution in [0, 0.1) is 0 Å². The van der Waals surface area contributed by atoms with Gasteiger partial charge in [-0.1, -0.05) is 0 Å². The molecule has 0 bridgehead atoms. The lowest BCUT2D eigenvalue weighted by atomic mass is 10.1. The van der Waals surface area contributed by atoms with E-state index in [1.807, 2.05) is 0 Å². The molecule has 0 aromatic carbocycles. The first-order valence-electron chi connectivity index (χ1n) is 4.03. The maximum Gasteiger partial charge on any atom is 0.337 e. The third-order valence-corrected chi connectivity index (χ3v) is 1.48. The number of carbonyl (C=O) groups is 1. The third kappa shape index (κ3) is 5.57. The molecule has 0 spiro atoms. The summed E-state index contributed by atoms with van der Waals surface area (Å²) in [7, 11) is 1.58. The van der Waals surface area contributed by atoms with Crippen molar-refractivity contribution in [3.8, 4) is 0 Å². The van der Waals surface area contributed by atoms with E-state index in [0.717, 1.165) is 0 Å². The van der Waals surface area contributed by atoms with Gasteiger partial charge in [-0.25, -0.2) is 4.79 Å². The van der Waals surface area contributed by atoms with Crippen LogP contribution in [0.3, 0.4) is 0 Å². The van der Waals surface area contributed by atoms with E-state index in [1.54, 1.807) is 7.11 Å². The fraction of sp³-hybridized carbons (Fsp3) is 0.875. The minimum absolute atomic E-state index is 0.202. The van der Waals surface area contributed by atoms with Crippen molar-refractivity contribution in [2.75, 3.05) is 26.9 Å². The van der Waals surface area contributed by atoms with Crippen LogP contribution in [0.4, 0.5) is 0 Å². The van der Waals surface area contributed by atoms with Crippen molar-refractivity contribution >= 4 is 5.97 Å². The molecule has 0 radical (unpaired) electrons. The summed E-state index contributed by atoms with van der Waals surface area (Å²) in [4.78, 5) is 10.4. The van der Waals surface area contributed by atoms with E-state index in [-0.39, 0.29) is 6.61 Å². The maximum atomic E-state index is 10.4. The lowest BCUT2D eigenvalue weighted by molar-refractivity contribution is -0.162. The van der Waals surface area contributed by atoms with Gasteiger partial charge in [0.2, 0.25) is 0 Å². The Balaban J connectivity index is 3.46. The van der Waals surface area contributed by atoms with Crippen LogP contribution in [0.15, 0.2) is 0 Å². The summed E-state index contributed by atoms with van der Waals surface area (Å²) < 4.78 is 9.71. The van der Waals surface area contributed by atoms with E-state index in [0.29, 0.717) is 19.6 Å². The van der Waals surface area contributed by atoms with Gasteiger partial charge in [0, 0.05) is 20.3 Å². The SMILES string of the molecule is COCCCOCC(C)(O)C(=O)O. The second kappa shape index (κ2) is 5.90.